The van der Waals surface area contributed by atoms with E-state index < -0.39 is 0 Å². The highest BCUT2D eigenvalue weighted by Crippen LogP contribution is 2.13. The molecular formula is C9H13N3S. The van der Waals surface area contributed by atoms with E-state index in [0.717, 1.165) is 35.9 Å². The van der Waals surface area contributed by atoms with E-state index in [4.69, 9.17) is 6.42 Å². The second-order valence-electron chi connectivity index (χ2n) is 2.71. The molecule has 0 aliphatic carbocycles. The minimum Gasteiger partial charge on any atom is -0.360 e. The van der Waals surface area contributed by atoms with Gasteiger partial charge in [0.15, 0.2) is 0 Å². The van der Waals surface area contributed by atoms with E-state index in [0.29, 0.717) is 0 Å². The third-order valence-electron chi connectivity index (χ3n) is 1.55. The number of aryl methyl sites for hydroxylation is 1. The Labute approximate surface area is 82.6 Å². The van der Waals surface area contributed by atoms with Gasteiger partial charge in [0.2, 0.25) is 5.13 Å². The van der Waals surface area contributed by atoms with Crippen LogP contribution in [0.1, 0.15) is 24.3 Å². The maximum Gasteiger partial charge on any atom is 0.205 e. The van der Waals surface area contributed by atoms with Crippen molar-refractivity contribution in [2.75, 3.05) is 11.9 Å². The second-order valence-corrected chi connectivity index (χ2v) is 3.90. The van der Waals surface area contributed by atoms with Gasteiger partial charge in [-0.05, 0) is 19.8 Å². The van der Waals surface area contributed by atoms with Crippen molar-refractivity contribution in [2.45, 2.75) is 26.2 Å². The molecule has 0 spiro atoms. The molecule has 0 saturated heterocycles. The molecule has 13 heavy (non-hydrogen) atoms. The molecule has 0 unspecified atom stereocenters. The molecule has 0 bridgehead atoms. The number of anilines is 1. The number of hydrogen-bond donors (Lipinski definition) is 1. The molecule has 1 aromatic rings. The molecule has 4 heteroatoms. The first-order chi connectivity index (χ1) is 6.33. The van der Waals surface area contributed by atoms with Crippen LogP contribution < -0.4 is 5.32 Å². The standard InChI is InChI=1S/C9H13N3S/c1-3-4-5-6-7-10-9-12-11-8(2)13-9/h1H,4-7H2,2H3,(H,10,12). The molecule has 0 atom stereocenters. The highest BCUT2D eigenvalue weighted by atomic mass is 32.1. The molecule has 3 nitrogen and oxygen atoms in total. The fraction of sp³-hybridized carbons (Fsp3) is 0.556. The van der Waals surface area contributed by atoms with Crippen LogP contribution >= 0.6 is 11.3 Å². The fourth-order valence-corrected chi connectivity index (χ4v) is 1.53. The molecule has 1 aromatic heterocycles. The van der Waals surface area contributed by atoms with Gasteiger partial charge in [0.1, 0.15) is 5.01 Å². The summed E-state index contributed by atoms with van der Waals surface area (Å²) in [5, 5.41) is 12.9. The summed E-state index contributed by atoms with van der Waals surface area (Å²) in [6.07, 6.45) is 8.15. The van der Waals surface area contributed by atoms with E-state index in [1.807, 2.05) is 6.92 Å². The summed E-state index contributed by atoms with van der Waals surface area (Å²) >= 11 is 1.58. The van der Waals surface area contributed by atoms with E-state index >= 15 is 0 Å². The number of nitrogens with one attached hydrogen (secondary N) is 1. The topological polar surface area (TPSA) is 37.8 Å². The summed E-state index contributed by atoms with van der Waals surface area (Å²) in [6.45, 7) is 2.87. The zero-order valence-electron chi connectivity index (χ0n) is 7.71. The number of hydrogen-bond acceptors (Lipinski definition) is 4. The summed E-state index contributed by atoms with van der Waals surface area (Å²) in [7, 11) is 0. The van der Waals surface area contributed by atoms with Crippen LogP contribution in [-0.2, 0) is 0 Å². The Morgan fingerprint density at radius 1 is 1.46 bits per heavy atom. The number of terminal acetylenes is 1. The first kappa shape index (κ1) is 10.0. The molecule has 1 N–H and O–H groups in total. The Balaban J connectivity index is 2.10. The molecule has 0 aliphatic heterocycles. The van der Waals surface area contributed by atoms with Crippen LogP contribution in [0.15, 0.2) is 0 Å². The largest absolute Gasteiger partial charge is 0.360 e. The average Bonchev–Trinajstić information content (AvgIpc) is 2.51. The highest BCUT2D eigenvalue weighted by molar-refractivity contribution is 7.15. The van der Waals surface area contributed by atoms with Crippen LogP contribution in [0.25, 0.3) is 0 Å². The average molecular weight is 195 g/mol. The van der Waals surface area contributed by atoms with Gasteiger partial charge >= 0.3 is 0 Å². The van der Waals surface area contributed by atoms with E-state index in [1.54, 1.807) is 11.3 Å². The summed E-state index contributed by atoms with van der Waals surface area (Å²) < 4.78 is 0. The van der Waals surface area contributed by atoms with Crippen molar-refractivity contribution in [2.24, 2.45) is 0 Å². The van der Waals surface area contributed by atoms with E-state index in [1.165, 1.54) is 0 Å². The zero-order chi connectivity index (χ0) is 9.52. The van der Waals surface area contributed by atoms with Crippen molar-refractivity contribution in [3.8, 4) is 12.3 Å². The van der Waals surface area contributed by atoms with Crippen LogP contribution in [0.2, 0.25) is 0 Å². The normalized spacial score (nSPS) is 9.54. The van der Waals surface area contributed by atoms with Crippen molar-refractivity contribution in [3.05, 3.63) is 5.01 Å². The van der Waals surface area contributed by atoms with Gasteiger partial charge in [-0.2, -0.15) is 0 Å². The SMILES string of the molecule is C#CCCCCNc1nnc(C)s1. The van der Waals surface area contributed by atoms with Gasteiger partial charge in [-0.15, -0.1) is 22.5 Å². The number of unbranched alkanes of at least 4 members (excludes halogenated alkanes) is 2. The van der Waals surface area contributed by atoms with Crippen molar-refractivity contribution in [1.82, 2.24) is 10.2 Å². The lowest BCUT2D eigenvalue weighted by atomic mass is 10.2. The first-order valence-electron chi connectivity index (χ1n) is 4.30. The van der Waals surface area contributed by atoms with Crippen LogP contribution in [0, 0.1) is 19.3 Å². The molecule has 0 amide bonds. The predicted molar refractivity (Wildman–Crippen MR) is 55.8 cm³/mol. The Kier molecular flexibility index (Phi) is 4.27. The Hall–Kier alpha value is -1.08. The third kappa shape index (κ3) is 3.90. The van der Waals surface area contributed by atoms with E-state index in [-0.39, 0.29) is 0 Å². The monoisotopic (exact) mass is 195 g/mol. The molecule has 0 fully saturated rings. The minimum absolute atomic E-state index is 0.858. The van der Waals surface area contributed by atoms with Gasteiger partial charge in [-0.1, -0.05) is 11.3 Å². The predicted octanol–water partition coefficient (Wildman–Crippen LogP) is 2.06. The van der Waals surface area contributed by atoms with Gasteiger partial charge in [0.05, 0.1) is 0 Å². The zero-order valence-corrected chi connectivity index (χ0v) is 8.52. The molecule has 70 valence electrons. The summed E-state index contributed by atoms with van der Waals surface area (Å²) in [5.74, 6) is 2.62. The maximum atomic E-state index is 5.13. The van der Waals surface area contributed by atoms with E-state index in [2.05, 4.69) is 21.4 Å². The maximum absolute atomic E-state index is 5.13. The number of rotatable bonds is 5. The van der Waals surface area contributed by atoms with Gasteiger partial charge in [0, 0.05) is 13.0 Å². The lowest BCUT2D eigenvalue weighted by Gasteiger charge is -1.98. The molecule has 0 saturated carbocycles. The molecule has 1 heterocycles. The molecule has 0 aliphatic rings. The van der Waals surface area contributed by atoms with Crippen LogP contribution in [0.3, 0.4) is 0 Å². The quantitative estimate of drug-likeness (QED) is 0.577. The minimum atomic E-state index is 0.858. The van der Waals surface area contributed by atoms with E-state index in [9.17, 15) is 0 Å². The van der Waals surface area contributed by atoms with Gasteiger partial charge in [0.25, 0.3) is 0 Å². The highest BCUT2D eigenvalue weighted by Gasteiger charge is 1.97. The summed E-state index contributed by atoms with van der Waals surface area (Å²) in [5.41, 5.74) is 0. The number of aromatic nitrogens is 2. The lowest BCUT2D eigenvalue weighted by molar-refractivity contribution is 0.787. The van der Waals surface area contributed by atoms with Crippen LogP contribution in [0.4, 0.5) is 5.13 Å². The van der Waals surface area contributed by atoms with Crippen LogP contribution in [0.5, 0.6) is 0 Å². The smallest absolute Gasteiger partial charge is 0.205 e. The van der Waals surface area contributed by atoms with Crippen molar-refractivity contribution in [3.63, 3.8) is 0 Å². The van der Waals surface area contributed by atoms with Crippen molar-refractivity contribution in [1.29, 1.82) is 0 Å². The third-order valence-corrected chi connectivity index (χ3v) is 2.35. The second kappa shape index (κ2) is 5.55. The Bertz CT molecular complexity index is 287. The number of nitrogens with zero attached hydrogens (tertiary/aromatic N) is 2. The molecule has 0 radical (unpaired) electrons. The summed E-state index contributed by atoms with van der Waals surface area (Å²) in [6, 6.07) is 0. The molecular weight excluding hydrogens is 182 g/mol. The van der Waals surface area contributed by atoms with Gasteiger partial charge < -0.3 is 5.32 Å². The van der Waals surface area contributed by atoms with Gasteiger partial charge in [-0.3, -0.25) is 0 Å². The Morgan fingerprint density at radius 2 is 2.31 bits per heavy atom. The van der Waals surface area contributed by atoms with Crippen molar-refractivity contribution < 1.29 is 0 Å². The van der Waals surface area contributed by atoms with Gasteiger partial charge in [-0.25, -0.2) is 0 Å². The molecule has 1 rings (SSSR count). The summed E-state index contributed by atoms with van der Waals surface area (Å²) in [4.78, 5) is 0. The van der Waals surface area contributed by atoms with Crippen LogP contribution in [-0.4, -0.2) is 16.7 Å². The molecule has 0 aromatic carbocycles. The Morgan fingerprint density at radius 3 is 2.92 bits per heavy atom. The first-order valence-corrected chi connectivity index (χ1v) is 5.12. The van der Waals surface area contributed by atoms with Crippen molar-refractivity contribution >= 4 is 16.5 Å². The fourth-order valence-electron chi connectivity index (χ4n) is 0.915. The lowest BCUT2D eigenvalue weighted by Crippen LogP contribution is -2.00.